The van der Waals surface area contributed by atoms with Gasteiger partial charge in [-0.2, -0.15) is 0 Å². The maximum atomic E-state index is 13.1. The fourth-order valence-electron chi connectivity index (χ4n) is 2.68. The number of amides is 1. The molecule has 1 fully saturated rings. The van der Waals surface area contributed by atoms with Gasteiger partial charge in [-0.3, -0.25) is 4.79 Å². The molecule has 18 heavy (non-hydrogen) atoms. The third-order valence-corrected chi connectivity index (χ3v) is 3.66. The van der Waals surface area contributed by atoms with Crippen LogP contribution in [0.3, 0.4) is 0 Å². The van der Waals surface area contributed by atoms with Crippen molar-refractivity contribution in [3.05, 3.63) is 35.6 Å². The van der Waals surface area contributed by atoms with Crippen LogP contribution in [0.1, 0.15) is 38.2 Å². The van der Waals surface area contributed by atoms with Crippen LogP contribution >= 0.6 is 0 Å². The Bertz CT molecular complexity index is 419. The third-order valence-electron chi connectivity index (χ3n) is 3.66. The van der Waals surface area contributed by atoms with E-state index in [-0.39, 0.29) is 11.7 Å². The second-order valence-corrected chi connectivity index (χ2v) is 4.95. The van der Waals surface area contributed by atoms with E-state index in [1.54, 1.807) is 6.07 Å². The predicted molar refractivity (Wildman–Crippen MR) is 69.7 cm³/mol. The summed E-state index contributed by atoms with van der Waals surface area (Å²) in [5, 5.41) is 0. The molecule has 0 N–H and O–H groups in total. The standard InChI is InChI=1S/C15H20FNO/c1-2-14-8-3-4-9-17(14)15(18)11-12-6-5-7-13(16)10-12/h5-7,10,14H,2-4,8-9,11H2,1H3. The molecule has 0 spiro atoms. The van der Waals surface area contributed by atoms with Gasteiger partial charge in [0.05, 0.1) is 6.42 Å². The summed E-state index contributed by atoms with van der Waals surface area (Å²) in [5.41, 5.74) is 0.764. The summed E-state index contributed by atoms with van der Waals surface area (Å²) in [6, 6.07) is 6.70. The lowest BCUT2D eigenvalue weighted by atomic mass is 9.99. The molecule has 98 valence electrons. The Hall–Kier alpha value is -1.38. The summed E-state index contributed by atoms with van der Waals surface area (Å²) >= 11 is 0. The maximum Gasteiger partial charge on any atom is 0.227 e. The van der Waals surface area contributed by atoms with E-state index in [1.165, 1.54) is 18.6 Å². The number of rotatable bonds is 3. The minimum Gasteiger partial charge on any atom is -0.339 e. The highest BCUT2D eigenvalue weighted by Crippen LogP contribution is 2.20. The van der Waals surface area contributed by atoms with E-state index in [9.17, 15) is 9.18 Å². The highest BCUT2D eigenvalue weighted by molar-refractivity contribution is 5.79. The molecule has 1 heterocycles. The molecule has 1 amide bonds. The zero-order valence-corrected chi connectivity index (χ0v) is 10.9. The van der Waals surface area contributed by atoms with E-state index in [2.05, 4.69) is 6.92 Å². The molecule has 2 rings (SSSR count). The van der Waals surface area contributed by atoms with Crippen molar-refractivity contribution in [2.45, 2.75) is 45.1 Å². The van der Waals surface area contributed by atoms with Crippen LogP contribution in [0.4, 0.5) is 4.39 Å². The Morgan fingerprint density at radius 2 is 2.28 bits per heavy atom. The fourth-order valence-corrected chi connectivity index (χ4v) is 2.68. The molecule has 1 unspecified atom stereocenters. The Morgan fingerprint density at radius 1 is 1.44 bits per heavy atom. The molecule has 0 aliphatic carbocycles. The molecule has 2 nitrogen and oxygen atoms in total. The summed E-state index contributed by atoms with van der Waals surface area (Å²) < 4.78 is 13.1. The molecule has 1 atom stereocenters. The van der Waals surface area contributed by atoms with Gasteiger partial charge in [0.1, 0.15) is 5.82 Å². The number of hydrogen-bond donors (Lipinski definition) is 0. The van der Waals surface area contributed by atoms with E-state index in [0.29, 0.717) is 12.5 Å². The van der Waals surface area contributed by atoms with Crippen molar-refractivity contribution in [2.75, 3.05) is 6.54 Å². The van der Waals surface area contributed by atoms with E-state index < -0.39 is 0 Å². The van der Waals surface area contributed by atoms with Gasteiger partial charge in [-0.1, -0.05) is 19.1 Å². The molecule has 0 aromatic heterocycles. The average molecular weight is 249 g/mol. The molecular formula is C15H20FNO. The zero-order valence-electron chi connectivity index (χ0n) is 10.9. The van der Waals surface area contributed by atoms with Gasteiger partial charge in [0.25, 0.3) is 0 Å². The summed E-state index contributed by atoms with van der Waals surface area (Å²) in [4.78, 5) is 14.2. The SMILES string of the molecule is CCC1CCCCN1C(=O)Cc1cccc(F)c1. The van der Waals surface area contributed by atoms with Crippen LogP contribution < -0.4 is 0 Å². The van der Waals surface area contributed by atoms with Crippen LogP contribution in [0.2, 0.25) is 0 Å². The topological polar surface area (TPSA) is 20.3 Å². The second-order valence-electron chi connectivity index (χ2n) is 4.95. The van der Waals surface area contributed by atoms with E-state index >= 15 is 0 Å². The van der Waals surface area contributed by atoms with E-state index in [4.69, 9.17) is 0 Å². The van der Waals surface area contributed by atoms with Gasteiger partial charge in [-0.05, 0) is 43.4 Å². The number of nitrogens with zero attached hydrogens (tertiary/aromatic N) is 1. The van der Waals surface area contributed by atoms with Crippen LogP contribution in [0.5, 0.6) is 0 Å². The number of benzene rings is 1. The zero-order chi connectivity index (χ0) is 13.0. The highest BCUT2D eigenvalue weighted by Gasteiger charge is 2.24. The number of carbonyl (C=O) groups is 1. The van der Waals surface area contributed by atoms with Crippen molar-refractivity contribution in [1.82, 2.24) is 4.90 Å². The number of hydrogen-bond acceptors (Lipinski definition) is 1. The molecule has 1 aliphatic heterocycles. The lowest BCUT2D eigenvalue weighted by molar-refractivity contribution is -0.134. The summed E-state index contributed by atoms with van der Waals surface area (Å²) in [7, 11) is 0. The van der Waals surface area contributed by atoms with Crippen LogP contribution in [0.25, 0.3) is 0 Å². The number of halogens is 1. The van der Waals surface area contributed by atoms with E-state index in [0.717, 1.165) is 31.4 Å². The number of carbonyl (C=O) groups excluding carboxylic acids is 1. The average Bonchev–Trinajstić information content (AvgIpc) is 2.38. The summed E-state index contributed by atoms with van der Waals surface area (Å²) in [6.07, 6.45) is 4.72. The quantitative estimate of drug-likeness (QED) is 0.805. The van der Waals surface area contributed by atoms with Crippen LogP contribution in [-0.4, -0.2) is 23.4 Å². The van der Waals surface area contributed by atoms with Gasteiger partial charge in [0, 0.05) is 12.6 Å². The molecule has 1 aliphatic rings. The summed E-state index contributed by atoms with van der Waals surface area (Å²) in [6.45, 7) is 2.98. The molecule has 3 heteroatoms. The van der Waals surface area contributed by atoms with Gasteiger partial charge in [0.15, 0.2) is 0 Å². The van der Waals surface area contributed by atoms with Gasteiger partial charge in [0.2, 0.25) is 5.91 Å². The monoisotopic (exact) mass is 249 g/mol. The Morgan fingerprint density at radius 3 is 3.00 bits per heavy atom. The predicted octanol–water partition coefficient (Wildman–Crippen LogP) is 3.16. The minimum absolute atomic E-state index is 0.132. The molecule has 1 aromatic carbocycles. The van der Waals surface area contributed by atoms with Crippen molar-refractivity contribution in [3.8, 4) is 0 Å². The molecular weight excluding hydrogens is 229 g/mol. The van der Waals surface area contributed by atoms with Crippen LogP contribution in [0, 0.1) is 5.82 Å². The van der Waals surface area contributed by atoms with Crippen molar-refractivity contribution >= 4 is 5.91 Å². The lowest BCUT2D eigenvalue weighted by Crippen LogP contribution is -2.44. The second kappa shape index (κ2) is 5.98. The van der Waals surface area contributed by atoms with Crippen LogP contribution in [-0.2, 0) is 11.2 Å². The third kappa shape index (κ3) is 3.09. The molecule has 0 bridgehead atoms. The van der Waals surface area contributed by atoms with Gasteiger partial charge in [-0.25, -0.2) is 4.39 Å². The Kier molecular flexibility index (Phi) is 4.34. The maximum absolute atomic E-state index is 13.1. The molecule has 1 aromatic rings. The molecule has 1 saturated heterocycles. The van der Waals surface area contributed by atoms with Crippen molar-refractivity contribution in [2.24, 2.45) is 0 Å². The first-order chi connectivity index (χ1) is 8.70. The highest BCUT2D eigenvalue weighted by atomic mass is 19.1. The largest absolute Gasteiger partial charge is 0.339 e. The first-order valence-electron chi connectivity index (χ1n) is 6.74. The van der Waals surface area contributed by atoms with Gasteiger partial charge >= 0.3 is 0 Å². The fraction of sp³-hybridized carbons (Fsp3) is 0.533. The number of likely N-dealkylation sites (tertiary alicyclic amines) is 1. The van der Waals surface area contributed by atoms with Crippen molar-refractivity contribution < 1.29 is 9.18 Å². The summed E-state index contributed by atoms with van der Waals surface area (Å²) in [5.74, 6) is -0.141. The molecule has 0 saturated carbocycles. The van der Waals surface area contributed by atoms with Crippen molar-refractivity contribution in [1.29, 1.82) is 0 Å². The van der Waals surface area contributed by atoms with Crippen LogP contribution in [0.15, 0.2) is 24.3 Å². The minimum atomic E-state index is -0.272. The first-order valence-corrected chi connectivity index (χ1v) is 6.74. The Labute approximate surface area is 108 Å². The molecule has 0 radical (unpaired) electrons. The normalized spacial score (nSPS) is 19.9. The van der Waals surface area contributed by atoms with E-state index in [1.807, 2.05) is 11.0 Å². The first kappa shape index (κ1) is 13.1. The number of piperidine rings is 1. The van der Waals surface area contributed by atoms with Crippen molar-refractivity contribution in [3.63, 3.8) is 0 Å². The lowest BCUT2D eigenvalue weighted by Gasteiger charge is -2.35. The Balaban J connectivity index is 2.02. The van der Waals surface area contributed by atoms with Gasteiger partial charge < -0.3 is 4.90 Å². The smallest absolute Gasteiger partial charge is 0.227 e. The van der Waals surface area contributed by atoms with Gasteiger partial charge in [-0.15, -0.1) is 0 Å².